The Labute approximate surface area is 157 Å². The number of carboxylic acid groups (broad SMARTS) is 1. The van der Waals surface area contributed by atoms with Crippen molar-refractivity contribution >= 4 is 17.7 Å². The number of carbonyl (C=O) groups excluding carboxylic acids is 1. The van der Waals surface area contributed by atoms with Crippen LogP contribution in [0.1, 0.15) is 13.3 Å². The van der Waals surface area contributed by atoms with Crippen molar-refractivity contribution in [1.29, 1.82) is 0 Å². The number of carbonyl (C=O) groups is 2. The minimum Gasteiger partial charge on any atom is -0.493 e. The number of nitrogens with zero attached hydrogens (tertiary/aromatic N) is 1. The minimum absolute atomic E-state index is 0.198. The topological polar surface area (TPSA) is 88.1 Å². The molecule has 27 heavy (non-hydrogen) atoms. The molecule has 1 saturated heterocycles. The van der Waals surface area contributed by atoms with E-state index in [2.05, 4.69) is 5.32 Å². The van der Waals surface area contributed by atoms with Crippen LogP contribution in [-0.2, 0) is 4.79 Å². The Kier molecular flexibility index (Phi) is 5.21. The molecule has 1 heterocycles. The van der Waals surface area contributed by atoms with Gasteiger partial charge in [0.25, 0.3) is 0 Å². The standard InChI is InChI=1S/C20H22N2O5/c1-20(18(23)24)11-12-22(13-20)19(25)21-14-7-9-15(10-8-14)27-17-6-4-3-5-16(17)26-2/h3-10H,11-13H2,1-2H3,(H,21,25)(H,23,24). The number of likely N-dealkylation sites (tertiary alicyclic amines) is 1. The smallest absolute Gasteiger partial charge is 0.321 e. The van der Waals surface area contributed by atoms with Gasteiger partial charge in [0.1, 0.15) is 5.75 Å². The second-order valence-corrected chi connectivity index (χ2v) is 6.74. The van der Waals surface area contributed by atoms with Crippen LogP contribution in [-0.4, -0.2) is 42.2 Å². The van der Waals surface area contributed by atoms with Gasteiger partial charge in [-0.3, -0.25) is 4.79 Å². The number of benzene rings is 2. The van der Waals surface area contributed by atoms with Crippen LogP contribution in [0.2, 0.25) is 0 Å². The molecule has 1 unspecified atom stereocenters. The highest BCUT2D eigenvalue weighted by Gasteiger charge is 2.42. The average Bonchev–Trinajstić information content (AvgIpc) is 3.08. The Hall–Kier alpha value is -3.22. The molecule has 2 aromatic rings. The second kappa shape index (κ2) is 7.57. The molecule has 1 aliphatic rings. The molecule has 3 rings (SSSR count). The predicted molar refractivity (Wildman–Crippen MR) is 100 cm³/mol. The summed E-state index contributed by atoms with van der Waals surface area (Å²) >= 11 is 0. The maximum Gasteiger partial charge on any atom is 0.321 e. The van der Waals surface area contributed by atoms with E-state index < -0.39 is 11.4 Å². The molecule has 0 aromatic heterocycles. The summed E-state index contributed by atoms with van der Waals surface area (Å²) in [6, 6.07) is 14.0. The van der Waals surface area contributed by atoms with Gasteiger partial charge in [-0.15, -0.1) is 0 Å². The molecular weight excluding hydrogens is 348 g/mol. The number of hydrogen-bond donors (Lipinski definition) is 2. The molecule has 142 valence electrons. The van der Waals surface area contributed by atoms with Gasteiger partial charge in [0, 0.05) is 18.8 Å². The van der Waals surface area contributed by atoms with Gasteiger partial charge in [0.15, 0.2) is 11.5 Å². The van der Waals surface area contributed by atoms with Crippen molar-refractivity contribution in [3.63, 3.8) is 0 Å². The predicted octanol–water partition coefficient (Wildman–Crippen LogP) is 3.82. The molecule has 0 spiro atoms. The molecule has 2 N–H and O–H groups in total. The van der Waals surface area contributed by atoms with E-state index in [9.17, 15) is 14.7 Å². The highest BCUT2D eigenvalue weighted by Crippen LogP contribution is 2.32. The van der Waals surface area contributed by atoms with E-state index in [4.69, 9.17) is 9.47 Å². The lowest BCUT2D eigenvalue weighted by atomic mass is 9.90. The number of ether oxygens (including phenoxy) is 2. The van der Waals surface area contributed by atoms with E-state index in [1.807, 2.05) is 18.2 Å². The number of rotatable bonds is 5. The maximum atomic E-state index is 12.4. The van der Waals surface area contributed by atoms with E-state index in [-0.39, 0.29) is 12.6 Å². The lowest BCUT2D eigenvalue weighted by Gasteiger charge is -2.20. The number of para-hydroxylation sites is 2. The monoisotopic (exact) mass is 370 g/mol. The molecule has 2 amide bonds. The van der Waals surface area contributed by atoms with Crippen LogP contribution in [0.4, 0.5) is 10.5 Å². The number of amides is 2. The fraction of sp³-hybridized carbons (Fsp3) is 0.300. The number of hydrogen-bond acceptors (Lipinski definition) is 4. The Morgan fingerprint density at radius 3 is 2.37 bits per heavy atom. The van der Waals surface area contributed by atoms with Gasteiger partial charge in [-0.1, -0.05) is 12.1 Å². The fourth-order valence-electron chi connectivity index (χ4n) is 2.95. The van der Waals surface area contributed by atoms with Crippen LogP contribution >= 0.6 is 0 Å². The van der Waals surface area contributed by atoms with Crippen molar-refractivity contribution in [3.8, 4) is 17.2 Å². The van der Waals surface area contributed by atoms with E-state index in [1.165, 1.54) is 4.90 Å². The number of urea groups is 1. The maximum absolute atomic E-state index is 12.4. The van der Waals surface area contributed by atoms with Gasteiger partial charge in [0.05, 0.1) is 12.5 Å². The summed E-state index contributed by atoms with van der Waals surface area (Å²) in [5.74, 6) is 0.958. The fourth-order valence-corrected chi connectivity index (χ4v) is 2.95. The zero-order chi connectivity index (χ0) is 19.4. The number of aliphatic carboxylic acids is 1. The quantitative estimate of drug-likeness (QED) is 0.835. The van der Waals surface area contributed by atoms with Gasteiger partial charge < -0.3 is 24.8 Å². The highest BCUT2D eigenvalue weighted by atomic mass is 16.5. The molecule has 1 aliphatic heterocycles. The van der Waals surface area contributed by atoms with E-state index in [1.54, 1.807) is 44.4 Å². The van der Waals surface area contributed by atoms with Crippen molar-refractivity contribution in [3.05, 3.63) is 48.5 Å². The van der Waals surface area contributed by atoms with Crippen molar-refractivity contribution in [1.82, 2.24) is 4.90 Å². The lowest BCUT2D eigenvalue weighted by molar-refractivity contribution is -0.146. The average molecular weight is 370 g/mol. The summed E-state index contributed by atoms with van der Waals surface area (Å²) in [6.07, 6.45) is 0.446. The van der Waals surface area contributed by atoms with Crippen molar-refractivity contribution < 1.29 is 24.2 Å². The highest BCUT2D eigenvalue weighted by molar-refractivity contribution is 5.90. The Morgan fingerprint density at radius 1 is 1.11 bits per heavy atom. The normalized spacial score (nSPS) is 18.8. The molecule has 7 nitrogen and oxygen atoms in total. The molecule has 0 aliphatic carbocycles. The molecule has 7 heteroatoms. The Balaban J connectivity index is 1.61. The largest absolute Gasteiger partial charge is 0.493 e. The SMILES string of the molecule is COc1ccccc1Oc1ccc(NC(=O)N2CCC(C)(C(=O)O)C2)cc1. The van der Waals surface area contributed by atoms with Gasteiger partial charge in [-0.2, -0.15) is 0 Å². The minimum atomic E-state index is -0.885. The first-order valence-electron chi connectivity index (χ1n) is 8.61. The van der Waals surface area contributed by atoms with Crippen LogP contribution in [0.3, 0.4) is 0 Å². The number of anilines is 1. The number of nitrogens with one attached hydrogen (secondary N) is 1. The third kappa shape index (κ3) is 4.13. The van der Waals surface area contributed by atoms with Gasteiger partial charge >= 0.3 is 12.0 Å². The first-order valence-corrected chi connectivity index (χ1v) is 8.61. The van der Waals surface area contributed by atoms with Crippen LogP contribution in [0, 0.1) is 5.41 Å². The van der Waals surface area contributed by atoms with E-state index >= 15 is 0 Å². The van der Waals surface area contributed by atoms with Crippen LogP contribution in [0.15, 0.2) is 48.5 Å². The molecule has 1 atom stereocenters. The van der Waals surface area contributed by atoms with Crippen molar-refractivity contribution in [2.45, 2.75) is 13.3 Å². The van der Waals surface area contributed by atoms with Crippen molar-refractivity contribution in [2.24, 2.45) is 5.41 Å². The molecule has 2 aromatic carbocycles. The summed E-state index contributed by atoms with van der Waals surface area (Å²) in [5.41, 5.74) is -0.277. The Morgan fingerprint density at radius 2 is 1.78 bits per heavy atom. The van der Waals surface area contributed by atoms with Gasteiger partial charge in [-0.05, 0) is 49.7 Å². The lowest BCUT2D eigenvalue weighted by Crippen LogP contribution is -2.37. The van der Waals surface area contributed by atoms with Crippen molar-refractivity contribution in [2.75, 3.05) is 25.5 Å². The first kappa shape index (κ1) is 18.6. The zero-order valence-electron chi connectivity index (χ0n) is 15.3. The summed E-state index contributed by atoms with van der Waals surface area (Å²) in [6.45, 7) is 2.28. The second-order valence-electron chi connectivity index (χ2n) is 6.74. The number of methoxy groups -OCH3 is 1. The van der Waals surface area contributed by atoms with E-state index in [0.717, 1.165) is 0 Å². The molecule has 0 bridgehead atoms. The summed E-state index contributed by atoms with van der Waals surface area (Å²) in [5, 5.41) is 12.1. The third-order valence-corrected chi connectivity index (χ3v) is 4.68. The van der Waals surface area contributed by atoms with Crippen LogP contribution in [0.5, 0.6) is 17.2 Å². The Bertz CT molecular complexity index is 837. The van der Waals surface area contributed by atoms with Gasteiger partial charge in [0.2, 0.25) is 0 Å². The van der Waals surface area contributed by atoms with Crippen LogP contribution < -0.4 is 14.8 Å². The third-order valence-electron chi connectivity index (χ3n) is 4.68. The molecule has 0 saturated carbocycles. The summed E-state index contributed by atoms with van der Waals surface area (Å²) < 4.78 is 11.1. The number of carboxylic acids is 1. The molecular formula is C20H22N2O5. The molecule has 1 fully saturated rings. The van der Waals surface area contributed by atoms with Gasteiger partial charge in [-0.25, -0.2) is 4.79 Å². The first-order chi connectivity index (χ1) is 12.9. The zero-order valence-corrected chi connectivity index (χ0v) is 15.3. The molecule has 0 radical (unpaired) electrons. The summed E-state index contributed by atoms with van der Waals surface area (Å²) in [7, 11) is 1.58. The van der Waals surface area contributed by atoms with Crippen LogP contribution in [0.25, 0.3) is 0 Å². The summed E-state index contributed by atoms with van der Waals surface area (Å²) in [4.78, 5) is 25.2. The van der Waals surface area contributed by atoms with E-state index in [0.29, 0.717) is 35.9 Å².